The number of fused-ring (bicyclic) bond motifs is 1. The Labute approximate surface area is 226 Å². The van der Waals surface area contributed by atoms with Gasteiger partial charge in [-0.25, -0.2) is 18.2 Å². The van der Waals surface area contributed by atoms with Gasteiger partial charge < -0.3 is 20.7 Å². The Morgan fingerprint density at radius 3 is 2.26 bits per heavy atom. The fourth-order valence-corrected chi connectivity index (χ4v) is 6.12. The van der Waals surface area contributed by atoms with Gasteiger partial charge in [0.05, 0.1) is 15.8 Å². The van der Waals surface area contributed by atoms with Crippen molar-refractivity contribution in [3.8, 4) is 0 Å². The van der Waals surface area contributed by atoms with Crippen LogP contribution in [0.3, 0.4) is 0 Å². The molecule has 39 heavy (non-hydrogen) atoms. The van der Waals surface area contributed by atoms with Crippen LogP contribution in [0.25, 0.3) is 17.0 Å². The number of nitrogens with one attached hydrogen (secondary N) is 4. The van der Waals surface area contributed by atoms with Crippen LogP contribution in [0.1, 0.15) is 39.2 Å². The van der Waals surface area contributed by atoms with Crippen molar-refractivity contribution < 1.29 is 23.1 Å². The first-order chi connectivity index (χ1) is 18.3. The SMILES string of the molecule is CNC(=O)NC/C=C/c1ccc2nc(C[C@H](NS(=O)(=O)c3c(C)c(C)c(C)c(C)c3C)C(=O)O)[nH]c(=O)c2c1. The fourth-order valence-electron chi connectivity index (χ4n) is 4.33. The number of hydrogen-bond acceptors (Lipinski definition) is 6. The molecule has 0 radical (unpaired) electrons. The lowest BCUT2D eigenvalue weighted by Gasteiger charge is -2.21. The molecule has 208 valence electrons. The molecule has 0 unspecified atom stereocenters. The molecular weight excluding hydrogens is 522 g/mol. The minimum absolute atomic E-state index is 0.0328. The minimum atomic E-state index is -4.21. The molecule has 11 nitrogen and oxygen atoms in total. The van der Waals surface area contributed by atoms with Crippen molar-refractivity contribution in [3.05, 3.63) is 73.8 Å². The van der Waals surface area contributed by atoms with Gasteiger partial charge in [-0.1, -0.05) is 18.2 Å². The Morgan fingerprint density at radius 1 is 1.05 bits per heavy atom. The van der Waals surface area contributed by atoms with Crippen molar-refractivity contribution in [1.29, 1.82) is 0 Å². The highest BCUT2D eigenvalue weighted by Gasteiger charge is 2.30. The molecular formula is C27H33N5O6S. The Morgan fingerprint density at radius 2 is 1.67 bits per heavy atom. The molecule has 1 atom stereocenters. The molecule has 0 bridgehead atoms. The highest BCUT2D eigenvalue weighted by Crippen LogP contribution is 2.29. The zero-order valence-electron chi connectivity index (χ0n) is 22.7. The number of hydrogen-bond donors (Lipinski definition) is 5. The van der Waals surface area contributed by atoms with E-state index in [1.807, 2.05) is 20.8 Å². The lowest BCUT2D eigenvalue weighted by molar-refractivity contribution is -0.139. The third-order valence-electron chi connectivity index (χ3n) is 6.89. The van der Waals surface area contributed by atoms with Crippen molar-refractivity contribution in [2.24, 2.45) is 0 Å². The molecule has 0 aliphatic rings. The highest BCUT2D eigenvalue weighted by atomic mass is 32.2. The molecule has 12 heteroatoms. The maximum atomic E-state index is 13.4. The average Bonchev–Trinajstić information content (AvgIpc) is 2.88. The van der Waals surface area contributed by atoms with E-state index in [4.69, 9.17) is 0 Å². The van der Waals surface area contributed by atoms with Gasteiger partial charge in [-0.15, -0.1) is 0 Å². The van der Waals surface area contributed by atoms with Gasteiger partial charge in [0.15, 0.2) is 0 Å². The number of rotatable bonds is 9. The number of amides is 2. The second-order valence-electron chi connectivity index (χ2n) is 9.32. The van der Waals surface area contributed by atoms with E-state index in [2.05, 4.69) is 25.3 Å². The lowest BCUT2D eigenvalue weighted by atomic mass is 9.95. The van der Waals surface area contributed by atoms with Crippen LogP contribution in [-0.2, 0) is 21.2 Å². The van der Waals surface area contributed by atoms with Crippen molar-refractivity contribution >= 4 is 39.0 Å². The van der Waals surface area contributed by atoms with Crippen molar-refractivity contribution in [2.75, 3.05) is 13.6 Å². The number of sulfonamides is 1. The number of aromatic nitrogens is 2. The van der Waals surface area contributed by atoms with Crippen LogP contribution in [0.4, 0.5) is 4.79 Å². The topological polar surface area (TPSA) is 170 Å². The zero-order valence-corrected chi connectivity index (χ0v) is 23.5. The first-order valence-electron chi connectivity index (χ1n) is 12.2. The maximum absolute atomic E-state index is 13.4. The van der Waals surface area contributed by atoms with Crippen LogP contribution in [0.15, 0.2) is 34.0 Å². The minimum Gasteiger partial charge on any atom is -0.480 e. The first kappa shape index (κ1) is 29.5. The number of carboxylic acids is 1. The summed E-state index contributed by atoms with van der Waals surface area (Å²) in [7, 11) is -2.70. The van der Waals surface area contributed by atoms with E-state index in [1.54, 1.807) is 44.2 Å². The van der Waals surface area contributed by atoms with Crippen LogP contribution in [0, 0.1) is 34.6 Å². The quantitative estimate of drug-likeness (QED) is 0.270. The Bertz CT molecular complexity index is 1610. The van der Waals surface area contributed by atoms with Gasteiger partial charge in [0.2, 0.25) is 10.0 Å². The third-order valence-corrected chi connectivity index (χ3v) is 8.63. The average molecular weight is 556 g/mol. The smallest absolute Gasteiger partial charge is 0.322 e. The summed E-state index contributed by atoms with van der Waals surface area (Å²) in [6.45, 7) is 9.26. The maximum Gasteiger partial charge on any atom is 0.322 e. The molecule has 1 heterocycles. The zero-order chi connectivity index (χ0) is 29.1. The van der Waals surface area contributed by atoms with E-state index in [-0.39, 0.29) is 28.6 Å². The predicted octanol–water partition coefficient (Wildman–Crippen LogP) is 2.38. The summed E-state index contributed by atoms with van der Waals surface area (Å²) >= 11 is 0. The van der Waals surface area contributed by atoms with Crippen LogP contribution in [0.5, 0.6) is 0 Å². The normalized spacial score (nSPS) is 12.6. The second-order valence-corrected chi connectivity index (χ2v) is 11.0. The summed E-state index contributed by atoms with van der Waals surface area (Å²) < 4.78 is 29.0. The van der Waals surface area contributed by atoms with Crippen LogP contribution < -0.4 is 20.9 Å². The van der Waals surface area contributed by atoms with E-state index in [1.165, 1.54) is 7.05 Å². The predicted molar refractivity (Wildman–Crippen MR) is 149 cm³/mol. The molecule has 3 aromatic rings. The molecule has 3 rings (SSSR count). The molecule has 0 aliphatic heterocycles. The molecule has 1 aromatic heterocycles. The van der Waals surface area contributed by atoms with Crippen molar-refractivity contribution in [1.82, 2.24) is 25.3 Å². The molecule has 0 fully saturated rings. The summed E-state index contributed by atoms with van der Waals surface area (Å²) in [6.07, 6.45) is 3.08. The second kappa shape index (κ2) is 11.8. The number of aliphatic carboxylic acids is 1. The van der Waals surface area contributed by atoms with E-state index in [9.17, 15) is 27.9 Å². The molecule has 5 N–H and O–H groups in total. The monoisotopic (exact) mass is 555 g/mol. The fraction of sp³-hybridized carbons (Fsp3) is 0.333. The van der Waals surface area contributed by atoms with Crippen LogP contribution in [-0.4, -0.2) is 55.1 Å². The molecule has 2 amide bonds. The Balaban J connectivity index is 1.88. The summed E-state index contributed by atoms with van der Waals surface area (Å²) in [6, 6.07) is 3.07. The Hall–Kier alpha value is -4.03. The molecule has 0 spiro atoms. The van der Waals surface area contributed by atoms with Crippen molar-refractivity contribution in [2.45, 2.75) is 52.0 Å². The number of H-pyrrole nitrogens is 1. The first-order valence-corrected chi connectivity index (χ1v) is 13.7. The van der Waals surface area contributed by atoms with Gasteiger partial charge in [-0.3, -0.25) is 9.59 Å². The van der Waals surface area contributed by atoms with E-state index >= 15 is 0 Å². The number of urea groups is 1. The summed E-state index contributed by atoms with van der Waals surface area (Å²) in [5, 5.41) is 15.2. The van der Waals surface area contributed by atoms with Gasteiger partial charge >= 0.3 is 12.0 Å². The number of benzene rings is 2. The van der Waals surface area contributed by atoms with Crippen LogP contribution in [0.2, 0.25) is 0 Å². The van der Waals surface area contributed by atoms with Gasteiger partial charge in [0.1, 0.15) is 11.9 Å². The van der Waals surface area contributed by atoms with E-state index in [0.29, 0.717) is 28.8 Å². The van der Waals surface area contributed by atoms with Gasteiger partial charge in [0, 0.05) is 20.0 Å². The standard InChI is InChI=1S/C27H33N5O6S/c1-14-15(2)17(4)24(18(5)16(14)3)39(37,38)32-22(26(34)35)13-23-30-21-10-9-19(12-20(21)25(33)31-23)8-7-11-29-27(36)28-6/h7-10,12,22,32H,11,13H2,1-6H3,(H,34,35)(H2,28,29,36)(H,30,31,33)/b8-7+/t22-/m0/s1. The molecule has 0 saturated heterocycles. The summed E-state index contributed by atoms with van der Waals surface area (Å²) in [5.41, 5.74) is 4.28. The Kier molecular flexibility index (Phi) is 8.92. The largest absolute Gasteiger partial charge is 0.480 e. The van der Waals surface area contributed by atoms with E-state index in [0.717, 1.165) is 16.7 Å². The number of carbonyl (C=O) groups excluding carboxylic acids is 1. The van der Waals surface area contributed by atoms with Crippen molar-refractivity contribution in [3.63, 3.8) is 0 Å². The van der Waals surface area contributed by atoms with Gasteiger partial charge in [-0.05, 0) is 80.1 Å². The van der Waals surface area contributed by atoms with Crippen LogP contribution >= 0.6 is 0 Å². The summed E-state index contributed by atoms with van der Waals surface area (Å²) in [4.78, 5) is 43.1. The molecule has 2 aromatic carbocycles. The molecule has 0 saturated carbocycles. The van der Waals surface area contributed by atoms with E-state index < -0.39 is 27.6 Å². The van der Waals surface area contributed by atoms with Gasteiger partial charge in [0.25, 0.3) is 5.56 Å². The summed E-state index contributed by atoms with van der Waals surface area (Å²) in [5.74, 6) is -1.37. The number of carbonyl (C=O) groups is 2. The number of aromatic amines is 1. The number of carboxylic acid groups (broad SMARTS) is 1. The third kappa shape index (κ3) is 6.52. The molecule has 0 aliphatic carbocycles. The number of nitrogens with zero attached hydrogens (tertiary/aromatic N) is 1. The highest BCUT2D eigenvalue weighted by molar-refractivity contribution is 7.89. The lowest BCUT2D eigenvalue weighted by Crippen LogP contribution is -2.43. The van der Waals surface area contributed by atoms with Gasteiger partial charge in [-0.2, -0.15) is 4.72 Å².